The number of hydrogen-bond donors (Lipinski definition) is 2. The van der Waals surface area contributed by atoms with Crippen LogP contribution < -0.4 is 4.74 Å². The lowest BCUT2D eigenvalue weighted by Crippen LogP contribution is -2.41. The lowest BCUT2D eigenvalue weighted by atomic mass is 9.81. The Hall–Kier alpha value is -3.07. The van der Waals surface area contributed by atoms with Crippen LogP contribution in [-0.4, -0.2) is 45.4 Å². The molecule has 0 spiro atoms. The van der Waals surface area contributed by atoms with E-state index >= 15 is 0 Å². The Labute approximate surface area is 183 Å². The Morgan fingerprint density at radius 3 is 2.66 bits per heavy atom. The SMILES string of the molecule is O=C(O)CC1CCN(Cc2ccccc2OC(F)(F)F)CC1Cc1nc2ccccc2[nH]1. The molecule has 32 heavy (non-hydrogen) atoms. The molecule has 1 aliphatic rings. The van der Waals surface area contributed by atoms with Crippen molar-refractivity contribution in [1.82, 2.24) is 14.9 Å². The van der Waals surface area contributed by atoms with Gasteiger partial charge in [0.1, 0.15) is 11.6 Å². The summed E-state index contributed by atoms with van der Waals surface area (Å²) in [5, 5.41) is 9.35. The number of carboxylic acid groups (broad SMARTS) is 1. The van der Waals surface area contributed by atoms with Gasteiger partial charge in [-0.2, -0.15) is 0 Å². The van der Waals surface area contributed by atoms with Crippen molar-refractivity contribution >= 4 is 17.0 Å². The first kappa shape index (κ1) is 22.1. The third-order valence-electron chi connectivity index (χ3n) is 5.90. The summed E-state index contributed by atoms with van der Waals surface area (Å²) in [5.41, 5.74) is 2.22. The molecule has 2 atom stereocenters. The number of hydrogen-bond acceptors (Lipinski definition) is 4. The number of ether oxygens (including phenoxy) is 1. The van der Waals surface area contributed by atoms with E-state index in [-0.39, 0.29) is 24.0 Å². The molecule has 0 bridgehead atoms. The minimum absolute atomic E-state index is 0.0103. The van der Waals surface area contributed by atoms with Crippen molar-refractivity contribution < 1.29 is 27.8 Å². The highest BCUT2D eigenvalue weighted by atomic mass is 19.4. The van der Waals surface area contributed by atoms with Gasteiger partial charge in [0.25, 0.3) is 0 Å². The normalized spacial score (nSPS) is 19.8. The zero-order valence-corrected chi connectivity index (χ0v) is 17.3. The molecule has 6 nitrogen and oxygen atoms in total. The van der Waals surface area contributed by atoms with E-state index in [1.807, 2.05) is 24.3 Å². The summed E-state index contributed by atoms with van der Waals surface area (Å²) >= 11 is 0. The zero-order valence-electron chi connectivity index (χ0n) is 17.3. The number of carbonyl (C=O) groups is 1. The van der Waals surface area contributed by atoms with Crippen molar-refractivity contribution in [1.29, 1.82) is 0 Å². The van der Waals surface area contributed by atoms with E-state index in [2.05, 4.69) is 19.6 Å². The molecule has 0 saturated carbocycles. The molecule has 170 valence electrons. The van der Waals surface area contributed by atoms with Gasteiger partial charge in [-0.05, 0) is 43.0 Å². The zero-order chi connectivity index (χ0) is 22.7. The van der Waals surface area contributed by atoms with E-state index in [1.165, 1.54) is 12.1 Å². The maximum Gasteiger partial charge on any atom is 0.573 e. The van der Waals surface area contributed by atoms with Gasteiger partial charge in [0, 0.05) is 31.5 Å². The highest BCUT2D eigenvalue weighted by Gasteiger charge is 2.34. The maximum atomic E-state index is 12.8. The fourth-order valence-corrected chi connectivity index (χ4v) is 4.47. The number of alkyl halides is 3. The number of aromatic amines is 1. The van der Waals surface area contributed by atoms with Crippen LogP contribution in [0.15, 0.2) is 48.5 Å². The molecule has 2 heterocycles. The highest BCUT2D eigenvalue weighted by Crippen LogP contribution is 2.32. The number of nitrogens with zero attached hydrogens (tertiary/aromatic N) is 2. The molecular weight excluding hydrogens is 423 g/mol. The third kappa shape index (κ3) is 5.59. The summed E-state index contributed by atoms with van der Waals surface area (Å²) < 4.78 is 42.5. The lowest BCUT2D eigenvalue weighted by Gasteiger charge is -2.38. The van der Waals surface area contributed by atoms with Crippen LogP contribution in [-0.2, 0) is 17.8 Å². The molecule has 0 aliphatic carbocycles. The van der Waals surface area contributed by atoms with Crippen molar-refractivity contribution in [3.05, 3.63) is 59.9 Å². The number of halogens is 3. The smallest absolute Gasteiger partial charge is 0.481 e. The molecule has 1 saturated heterocycles. The van der Waals surface area contributed by atoms with Gasteiger partial charge >= 0.3 is 12.3 Å². The second-order valence-corrected chi connectivity index (χ2v) is 8.20. The van der Waals surface area contributed by atoms with Crippen LogP contribution in [0.2, 0.25) is 0 Å². The highest BCUT2D eigenvalue weighted by molar-refractivity contribution is 5.74. The Kier molecular flexibility index (Phi) is 6.36. The van der Waals surface area contributed by atoms with Gasteiger partial charge in [-0.25, -0.2) is 4.98 Å². The largest absolute Gasteiger partial charge is 0.573 e. The molecule has 0 amide bonds. The summed E-state index contributed by atoms with van der Waals surface area (Å²) in [7, 11) is 0. The quantitative estimate of drug-likeness (QED) is 0.553. The molecule has 0 radical (unpaired) electrons. The summed E-state index contributed by atoms with van der Waals surface area (Å²) in [6, 6.07) is 13.8. The Morgan fingerprint density at radius 2 is 1.91 bits per heavy atom. The van der Waals surface area contributed by atoms with Crippen molar-refractivity contribution in [3.63, 3.8) is 0 Å². The number of aliphatic carboxylic acids is 1. The van der Waals surface area contributed by atoms with Crippen LogP contribution in [0.5, 0.6) is 5.75 Å². The van der Waals surface area contributed by atoms with Crippen LogP contribution in [0.4, 0.5) is 13.2 Å². The average molecular weight is 447 g/mol. The Morgan fingerprint density at radius 1 is 1.16 bits per heavy atom. The summed E-state index contributed by atoms with van der Waals surface area (Å²) in [6.45, 7) is 1.47. The topological polar surface area (TPSA) is 78.4 Å². The van der Waals surface area contributed by atoms with Crippen molar-refractivity contribution in [2.45, 2.75) is 32.2 Å². The molecule has 2 aromatic carbocycles. The van der Waals surface area contributed by atoms with E-state index in [0.29, 0.717) is 38.0 Å². The van der Waals surface area contributed by atoms with E-state index in [4.69, 9.17) is 0 Å². The Bertz CT molecular complexity index is 1050. The molecular formula is C23H24F3N3O3. The predicted molar refractivity (Wildman–Crippen MR) is 112 cm³/mol. The number of likely N-dealkylation sites (tertiary alicyclic amines) is 1. The van der Waals surface area contributed by atoms with E-state index in [9.17, 15) is 23.1 Å². The molecule has 2 N–H and O–H groups in total. The van der Waals surface area contributed by atoms with Gasteiger partial charge in [-0.3, -0.25) is 9.69 Å². The van der Waals surface area contributed by atoms with Crippen molar-refractivity contribution in [3.8, 4) is 5.75 Å². The number of rotatable bonds is 7. The first-order valence-electron chi connectivity index (χ1n) is 10.5. The standard InChI is InChI=1S/C23H24F3N3O3/c24-23(25,26)32-20-8-4-1-5-16(20)13-29-10-9-15(12-22(30)31)17(14-29)11-21-27-18-6-2-3-7-19(18)28-21/h1-8,15,17H,9-14H2,(H,27,28)(H,30,31). The van der Waals surface area contributed by atoms with Gasteiger partial charge < -0.3 is 14.8 Å². The molecule has 1 aromatic heterocycles. The molecule has 1 fully saturated rings. The number of nitrogens with one attached hydrogen (secondary N) is 1. The second-order valence-electron chi connectivity index (χ2n) is 8.20. The predicted octanol–water partition coefficient (Wildman–Crippen LogP) is 4.62. The van der Waals surface area contributed by atoms with Crippen LogP contribution in [0.3, 0.4) is 0 Å². The van der Waals surface area contributed by atoms with Gasteiger partial charge in [-0.1, -0.05) is 30.3 Å². The first-order valence-corrected chi connectivity index (χ1v) is 10.5. The lowest BCUT2D eigenvalue weighted by molar-refractivity contribution is -0.275. The molecule has 4 rings (SSSR count). The summed E-state index contributed by atoms with van der Waals surface area (Å²) in [4.78, 5) is 21.4. The Balaban J connectivity index is 1.50. The van der Waals surface area contributed by atoms with E-state index in [1.54, 1.807) is 12.1 Å². The van der Waals surface area contributed by atoms with Crippen LogP contribution in [0.1, 0.15) is 24.2 Å². The van der Waals surface area contributed by atoms with Crippen LogP contribution in [0.25, 0.3) is 11.0 Å². The van der Waals surface area contributed by atoms with Crippen LogP contribution >= 0.6 is 0 Å². The number of piperidine rings is 1. The van der Waals surface area contributed by atoms with Gasteiger partial charge in [0.2, 0.25) is 0 Å². The maximum absolute atomic E-state index is 12.8. The monoisotopic (exact) mass is 447 g/mol. The van der Waals surface area contributed by atoms with Gasteiger partial charge in [0.05, 0.1) is 11.0 Å². The van der Waals surface area contributed by atoms with Crippen molar-refractivity contribution in [2.24, 2.45) is 11.8 Å². The van der Waals surface area contributed by atoms with E-state index < -0.39 is 12.3 Å². The average Bonchev–Trinajstić information content (AvgIpc) is 3.12. The number of para-hydroxylation sites is 3. The fraction of sp³-hybridized carbons (Fsp3) is 0.391. The minimum atomic E-state index is -4.76. The van der Waals surface area contributed by atoms with E-state index in [0.717, 1.165) is 16.9 Å². The molecule has 1 aliphatic heterocycles. The van der Waals surface area contributed by atoms with Crippen molar-refractivity contribution in [2.75, 3.05) is 13.1 Å². The number of benzene rings is 2. The van der Waals surface area contributed by atoms with Gasteiger partial charge in [-0.15, -0.1) is 13.2 Å². The number of carboxylic acids is 1. The number of imidazole rings is 1. The van der Waals surface area contributed by atoms with Crippen LogP contribution in [0, 0.1) is 11.8 Å². The number of H-pyrrole nitrogens is 1. The fourth-order valence-electron chi connectivity index (χ4n) is 4.47. The first-order chi connectivity index (χ1) is 15.3. The minimum Gasteiger partial charge on any atom is -0.481 e. The summed E-state index contributed by atoms with van der Waals surface area (Å²) in [5.74, 6) is -0.285. The molecule has 3 aromatic rings. The number of aromatic nitrogens is 2. The third-order valence-corrected chi connectivity index (χ3v) is 5.90. The van der Waals surface area contributed by atoms with Gasteiger partial charge in [0.15, 0.2) is 0 Å². The summed E-state index contributed by atoms with van der Waals surface area (Å²) in [6.07, 6.45) is -3.47. The molecule has 9 heteroatoms. The number of fused-ring (bicyclic) bond motifs is 1. The second kappa shape index (κ2) is 9.20. The molecule has 2 unspecified atom stereocenters.